The molecule has 1 aliphatic rings. The number of amidine groups is 1. The monoisotopic (exact) mass is 227 g/mol. The molecule has 4 heteroatoms. The summed E-state index contributed by atoms with van der Waals surface area (Å²) in [6.07, 6.45) is 6.99. The fourth-order valence-corrected chi connectivity index (χ4v) is 2.45. The molecule has 1 rings (SSSR count). The first-order valence-corrected chi connectivity index (χ1v) is 6.29. The normalized spacial score (nSPS) is 22.2. The van der Waals surface area contributed by atoms with Crippen LogP contribution in [0.2, 0.25) is 0 Å². The maximum Gasteiger partial charge on any atom is 0.140 e. The Morgan fingerprint density at radius 2 is 2.12 bits per heavy atom. The van der Waals surface area contributed by atoms with Gasteiger partial charge in [-0.15, -0.1) is 0 Å². The Morgan fingerprint density at radius 1 is 1.50 bits per heavy atom. The van der Waals surface area contributed by atoms with E-state index in [1.165, 1.54) is 25.7 Å². The highest BCUT2D eigenvalue weighted by Gasteiger charge is 2.28. The lowest BCUT2D eigenvalue weighted by Crippen LogP contribution is -2.39. The number of hydrogen-bond acceptors (Lipinski definition) is 3. The summed E-state index contributed by atoms with van der Waals surface area (Å²) < 4.78 is 0. The summed E-state index contributed by atoms with van der Waals surface area (Å²) in [4.78, 5) is 0. The highest BCUT2D eigenvalue weighted by molar-refractivity contribution is 5.80. The molecule has 0 aromatic carbocycles. The smallest absolute Gasteiger partial charge is 0.140 e. The largest absolute Gasteiger partial charge is 0.409 e. The lowest BCUT2D eigenvalue weighted by molar-refractivity contribution is 0.292. The lowest BCUT2D eigenvalue weighted by atomic mass is 9.88. The van der Waals surface area contributed by atoms with Gasteiger partial charge in [0.05, 0.1) is 0 Å². The van der Waals surface area contributed by atoms with Crippen molar-refractivity contribution < 1.29 is 5.21 Å². The van der Waals surface area contributed by atoms with Crippen molar-refractivity contribution in [2.24, 2.45) is 16.3 Å². The molecule has 0 spiro atoms. The molecular formula is C12H25N3O. The molecule has 1 fully saturated rings. The Labute approximate surface area is 98.3 Å². The van der Waals surface area contributed by atoms with Gasteiger partial charge in [-0.25, -0.2) is 0 Å². The van der Waals surface area contributed by atoms with Gasteiger partial charge in [-0.3, -0.25) is 0 Å². The van der Waals surface area contributed by atoms with Gasteiger partial charge in [-0.2, -0.15) is 0 Å². The number of nitrogens with two attached hydrogens (primary N) is 1. The van der Waals surface area contributed by atoms with Crippen LogP contribution in [0.5, 0.6) is 0 Å². The molecule has 16 heavy (non-hydrogen) atoms. The Hall–Kier alpha value is -0.770. The molecule has 1 atom stereocenters. The second kappa shape index (κ2) is 6.09. The van der Waals surface area contributed by atoms with Crippen LogP contribution in [0.15, 0.2) is 5.16 Å². The quantitative estimate of drug-likeness (QED) is 0.281. The van der Waals surface area contributed by atoms with Crippen molar-refractivity contribution >= 4 is 5.84 Å². The molecule has 0 aromatic rings. The van der Waals surface area contributed by atoms with Crippen molar-refractivity contribution in [3.63, 3.8) is 0 Å². The Balaban J connectivity index is 2.33. The van der Waals surface area contributed by atoms with Gasteiger partial charge in [0.1, 0.15) is 5.84 Å². The predicted octanol–water partition coefficient (Wildman–Crippen LogP) is 2.07. The van der Waals surface area contributed by atoms with Gasteiger partial charge < -0.3 is 16.3 Å². The van der Waals surface area contributed by atoms with Crippen LogP contribution >= 0.6 is 0 Å². The minimum Gasteiger partial charge on any atom is -0.409 e. The third-order valence-electron chi connectivity index (χ3n) is 3.70. The molecule has 1 saturated carbocycles. The zero-order valence-corrected chi connectivity index (χ0v) is 10.5. The fraction of sp³-hybridized carbons (Fsp3) is 0.917. The van der Waals surface area contributed by atoms with Gasteiger partial charge in [-0.1, -0.05) is 31.8 Å². The number of hydrogen-bond donors (Lipinski definition) is 3. The summed E-state index contributed by atoms with van der Waals surface area (Å²) in [5.74, 6) is 0.316. The molecule has 1 aliphatic carbocycles. The van der Waals surface area contributed by atoms with E-state index in [0.29, 0.717) is 23.7 Å². The van der Waals surface area contributed by atoms with Crippen LogP contribution in [0.1, 0.15) is 52.4 Å². The van der Waals surface area contributed by atoms with Gasteiger partial charge in [0, 0.05) is 19.0 Å². The number of nitrogens with one attached hydrogen (secondary N) is 1. The van der Waals surface area contributed by atoms with E-state index in [1.807, 2.05) is 0 Å². The Bertz CT molecular complexity index is 234. The topological polar surface area (TPSA) is 70.6 Å². The highest BCUT2D eigenvalue weighted by Crippen LogP contribution is 2.36. The Kier molecular flexibility index (Phi) is 5.06. The van der Waals surface area contributed by atoms with Crippen LogP contribution in [-0.2, 0) is 0 Å². The van der Waals surface area contributed by atoms with Crippen LogP contribution in [0.3, 0.4) is 0 Å². The minimum absolute atomic E-state index is 0.316. The maximum atomic E-state index is 8.54. The fourth-order valence-electron chi connectivity index (χ4n) is 2.45. The second-order valence-electron chi connectivity index (χ2n) is 5.30. The van der Waals surface area contributed by atoms with Crippen LogP contribution in [-0.4, -0.2) is 23.6 Å². The van der Waals surface area contributed by atoms with Crippen molar-refractivity contribution in [1.29, 1.82) is 0 Å². The first-order chi connectivity index (χ1) is 7.59. The summed E-state index contributed by atoms with van der Waals surface area (Å²) in [7, 11) is 0. The molecule has 4 N–H and O–H groups in total. The van der Waals surface area contributed by atoms with Crippen molar-refractivity contribution in [1.82, 2.24) is 5.32 Å². The molecule has 94 valence electrons. The SMILES string of the molecule is CCC(CC(N)=NO)NCC1(C)CCCC1. The van der Waals surface area contributed by atoms with Crippen LogP contribution in [0.25, 0.3) is 0 Å². The maximum absolute atomic E-state index is 8.54. The number of oxime groups is 1. The van der Waals surface area contributed by atoms with E-state index in [2.05, 4.69) is 24.3 Å². The first-order valence-electron chi connectivity index (χ1n) is 6.29. The summed E-state index contributed by atoms with van der Waals surface area (Å²) in [6.45, 7) is 5.52. The van der Waals surface area contributed by atoms with Gasteiger partial charge >= 0.3 is 0 Å². The van der Waals surface area contributed by atoms with E-state index in [9.17, 15) is 0 Å². The summed E-state index contributed by atoms with van der Waals surface area (Å²) in [6, 6.07) is 0.327. The predicted molar refractivity (Wildman–Crippen MR) is 66.7 cm³/mol. The number of nitrogens with zero attached hydrogens (tertiary/aromatic N) is 1. The van der Waals surface area contributed by atoms with E-state index >= 15 is 0 Å². The molecule has 0 saturated heterocycles. The van der Waals surface area contributed by atoms with Gasteiger partial charge in [-0.05, 0) is 24.7 Å². The molecule has 4 nitrogen and oxygen atoms in total. The molecule has 0 heterocycles. The number of rotatable bonds is 6. The first kappa shape index (κ1) is 13.3. The molecule has 0 radical (unpaired) electrons. The van der Waals surface area contributed by atoms with Crippen molar-refractivity contribution in [2.45, 2.75) is 58.4 Å². The van der Waals surface area contributed by atoms with Gasteiger partial charge in [0.2, 0.25) is 0 Å². The van der Waals surface area contributed by atoms with Crippen LogP contribution < -0.4 is 11.1 Å². The highest BCUT2D eigenvalue weighted by atomic mass is 16.4. The molecule has 0 aromatic heterocycles. The molecule has 0 aliphatic heterocycles. The van der Waals surface area contributed by atoms with Gasteiger partial charge in [0.25, 0.3) is 0 Å². The van der Waals surface area contributed by atoms with E-state index < -0.39 is 0 Å². The third kappa shape index (κ3) is 4.00. The second-order valence-corrected chi connectivity index (χ2v) is 5.30. The van der Waals surface area contributed by atoms with Crippen LogP contribution in [0.4, 0.5) is 0 Å². The molecule has 0 amide bonds. The minimum atomic E-state index is 0.316. The average molecular weight is 227 g/mol. The zero-order valence-electron chi connectivity index (χ0n) is 10.5. The van der Waals surface area contributed by atoms with Gasteiger partial charge in [0.15, 0.2) is 0 Å². The summed E-state index contributed by atoms with van der Waals surface area (Å²) in [5.41, 5.74) is 5.98. The van der Waals surface area contributed by atoms with Crippen molar-refractivity contribution in [3.8, 4) is 0 Å². The summed E-state index contributed by atoms with van der Waals surface area (Å²) in [5, 5.41) is 15.1. The lowest BCUT2D eigenvalue weighted by Gasteiger charge is -2.27. The third-order valence-corrected chi connectivity index (χ3v) is 3.70. The van der Waals surface area contributed by atoms with Crippen molar-refractivity contribution in [2.75, 3.05) is 6.54 Å². The Morgan fingerprint density at radius 3 is 2.62 bits per heavy atom. The van der Waals surface area contributed by atoms with Crippen LogP contribution in [0, 0.1) is 5.41 Å². The van der Waals surface area contributed by atoms with E-state index in [0.717, 1.165) is 13.0 Å². The zero-order chi connectivity index (χ0) is 12.0. The standard InChI is InChI=1S/C12H25N3O/c1-3-10(8-11(13)15-16)14-9-12(2)6-4-5-7-12/h10,14,16H,3-9H2,1-2H3,(H2,13,15). The summed E-state index contributed by atoms with van der Waals surface area (Å²) >= 11 is 0. The van der Waals surface area contributed by atoms with Crippen molar-refractivity contribution in [3.05, 3.63) is 0 Å². The van der Waals surface area contributed by atoms with E-state index in [4.69, 9.17) is 10.9 Å². The molecular weight excluding hydrogens is 202 g/mol. The molecule has 0 bridgehead atoms. The van der Waals surface area contributed by atoms with E-state index in [1.54, 1.807) is 0 Å². The van der Waals surface area contributed by atoms with E-state index in [-0.39, 0.29) is 0 Å². The molecule has 1 unspecified atom stereocenters. The average Bonchev–Trinajstić information content (AvgIpc) is 2.71.